The van der Waals surface area contributed by atoms with Crippen LogP contribution in [-0.4, -0.2) is 56.5 Å². The highest BCUT2D eigenvalue weighted by molar-refractivity contribution is 7.89. The number of aromatic nitrogens is 1. The van der Waals surface area contributed by atoms with Crippen molar-refractivity contribution >= 4 is 16.0 Å². The van der Waals surface area contributed by atoms with Crippen LogP contribution in [-0.2, 0) is 28.4 Å². The molecule has 0 bridgehead atoms. The summed E-state index contributed by atoms with van der Waals surface area (Å²) in [5.41, 5.74) is 1.22. The summed E-state index contributed by atoms with van der Waals surface area (Å²) in [4.78, 5) is 13.0. The van der Waals surface area contributed by atoms with Crippen LogP contribution in [0.1, 0.15) is 22.5 Å². The fourth-order valence-corrected chi connectivity index (χ4v) is 5.18. The lowest BCUT2D eigenvalue weighted by Crippen LogP contribution is -3.11. The highest BCUT2D eigenvalue weighted by atomic mass is 32.2. The Morgan fingerprint density at radius 1 is 1.14 bits per heavy atom. The maximum atomic E-state index is 13.1. The van der Waals surface area contributed by atoms with Gasteiger partial charge >= 0.3 is 5.97 Å². The lowest BCUT2D eigenvalue weighted by atomic mass is 10.2. The van der Waals surface area contributed by atoms with Crippen LogP contribution in [0.2, 0.25) is 0 Å². The second-order valence-electron chi connectivity index (χ2n) is 6.92. The number of carbonyl (C=O) groups excluding carboxylic acids is 1. The molecule has 7 nitrogen and oxygen atoms in total. The molecule has 1 fully saturated rings. The highest BCUT2D eigenvalue weighted by Gasteiger charge is 2.31. The van der Waals surface area contributed by atoms with Crippen molar-refractivity contribution in [2.75, 3.05) is 33.3 Å². The molecule has 0 radical (unpaired) electrons. The first-order valence-corrected chi connectivity index (χ1v) is 10.6. The van der Waals surface area contributed by atoms with E-state index in [1.165, 1.54) is 45.1 Å². The van der Waals surface area contributed by atoms with Crippen LogP contribution in [0.5, 0.6) is 0 Å². The fourth-order valence-electron chi connectivity index (χ4n) is 3.53. The van der Waals surface area contributed by atoms with Gasteiger partial charge in [0.05, 0.1) is 26.7 Å². The van der Waals surface area contributed by atoms with Crippen LogP contribution in [0.25, 0.3) is 0 Å². The van der Waals surface area contributed by atoms with E-state index in [-0.39, 0.29) is 16.5 Å². The smallest absolute Gasteiger partial charge is 0.354 e. The molecule has 0 amide bonds. The van der Waals surface area contributed by atoms with Gasteiger partial charge in [-0.3, -0.25) is 0 Å². The number of carbonyl (C=O) groups is 1. The average Bonchev–Trinajstić information content (AvgIpc) is 2.91. The second kappa shape index (κ2) is 8.42. The molecule has 1 N–H and O–H groups in total. The predicted octanol–water partition coefficient (Wildman–Crippen LogP) is 0.430. The first kappa shape index (κ1) is 20.5. The molecule has 2 aromatic rings. The minimum absolute atomic E-state index is 0.0786. The topological polar surface area (TPSA) is 73.1 Å². The molecule has 1 unspecified atom stereocenters. The van der Waals surface area contributed by atoms with Gasteiger partial charge in [-0.1, -0.05) is 12.1 Å². The summed E-state index contributed by atoms with van der Waals surface area (Å²) in [5.74, 6) is -0.837. The van der Waals surface area contributed by atoms with E-state index in [1.807, 2.05) is 0 Å². The van der Waals surface area contributed by atoms with Gasteiger partial charge < -0.3 is 14.2 Å². The Morgan fingerprint density at radius 3 is 2.54 bits per heavy atom. The Kier molecular flexibility index (Phi) is 6.17. The van der Waals surface area contributed by atoms with E-state index in [2.05, 4.69) is 0 Å². The van der Waals surface area contributed by atoms with Crippen molar-refractivity contribution in [2.24, 2.45) is 7.05 Å². The summed E-state index contributed by atoms with van der Waals surface area (Å²) < 4.78 is 46.8. The number of esters is 1. The van der Waals surface area contributed by atoms with Gasteiger partial charge in [0.25, 0.3) is 10.0 Å². The van der Waals surface area contributed by atoms with Gasteiger partial charge in [-0.2, -0.15) is 4.31 Å². The van der Waals surface area contributed by atoms with E-state index in [9.17, 15) is 17.6 Å². The molecule has 3 rings (SSSR count). The molecule has 0 spiro atoms. The van der Waals surface area contributed by atoms with E-state index < -0.39 is 16.0 Å². The Labute approximate surface area is 164 Å². The van der Waals surface area contributed by atoms with Crippen LogP contribution in [0.4, 0.5) is 4.39 Å². The quantitative estimate of drug-likeness (QED) is 0.726. The minimum atomic E-state index is -3.71. The third-order valence-electron chi connectivity index (χ3n) is 5.09. The molecular formula is C19H25FN3O4S+. The van der Waals surface area contributed by atoms with Crippen molar-refractivity contribution in [3.8, 4) is 0 Å². The molecule has 2 heterocycles. The molecule has 1 aliphatic rings. The predicted molar refractivity (Wildman–Crippen MR) is 101 cm³/mol. The normalized spacial score (nSPS) is 18.6. The van der Waals surface area contributed by atoms with Crippen molar-refractivity contribution in [1.29, 1.82) is 0 Å². The van der Waals surface area contributed by atoms with E-state index >= 15 is 0 Å². The second-order valence-corrected chi connectivity index (χ2v) is 8.80. The maximum Gasteiger partial charge on any atom is 0.354 e. The Balaban J connectivity index is 1.71. The summed E-state index contributed by atoms with van der Waals surface area (Å²) in [7, 11) is -0.908. The number of quaternary nitrogens is 1. The van der Waals surface area contributed by atoms with E-state index in [4.69, 9.17) is 4.74 Å². The third-order valence-corrected chi connectivity index (χ3v) is 7.08. The van der Waals surface area contributed by atoms with Gasteiger partial charge in [-0.05, 0) is 24.3 Å². The number of benzene rings is 1. The minimum Gasteiger partial charge on any atom is -0.464 e. The number of rotatable bonds is 5. The van der Waals surface area contributed by atoms with Crippen molar-refractivity contribution in [2.45, 2.75) is 18.0 Å². The summed E-state index contributed by atoms with van der Waals surface area (Å²) in [5, 5.41) is 0.0786. The Hall–Kier alpha value is -2.23. The van der Waals surface area contributed by atoms with Gasteiger partial charge in [0.15, 0.2) is 5.03 Å². The van der Waals surface area contributed by atoms with Crippen LogP contribution in [0.3, 0.4) is 0 Å². The van der Waals surface area contributed by atoms with Crippen molar-refractivity contribution in [1.82, 2.24) is 8.87 Å². The third kappa shape index (κ3) is 4.26. The van der Waals surface area contributed by atoms with Gasteiger partial charge in [-0.15, -0.1) is 0 Å². The SMILES string of the molecule is COC(=O)c1ccc(S(=O)(=O)N2CCC[NH+](Cc3ccc(F)cc3)CC2)n1C. The molecule has 0 aliphatic carbocycles. The molecule has 9 heteroatoms. The van der Waals surface area contributed by atoms with Crippen LogP contribution >= 0.6 is 0 Å². The molecular weight excluding hydrogens is 385 g/mol. The van der Waals surface area contributed by atoms with Gasteiger partial charge in [0.2, 0.25) is 0 Å². The van der Waals surface area contributed by atoms with E-state index in [1.54, 1.807) is 19.2 Å². The largest absolute Gasteiger partial charge is 0.464 e. The molecule has 1 saturated heterocycles. The first-order chi connectivity index (χ1) is 13.3. The Bertz CT molecular complexity index is 941. The van der Waals surface area contributed by atoms with E-state index in [0.717, 1.165) is 25.1 Å². The van der Waals surface area contributed by atoms with Gasteiger partial charge in [0.1, 0.15) is 18.1 Å². The van der Waals surface area contributed by atoms with Crippen LogP contribution < -0.4 is 4.90 Å². The van der Waals surface area contributed by atoms with Crippen molar-refractivity contribution < 1.29 is 27.2 Å². The van der Waals surface area contributed by atoms with E-state index in [0.29, 0.717) is 19.6 Å². The number of ether oxygens (including phenoxy) is 1. The number of halogens is 1. The number of hydrogen-bond donors (Lipinski definition) is 1. The number of hydrogen-bond acceptors (Lipinski definition) is 4. The molecule has 1 aliphatic heterocycles. The molecule has 152 valence electrons. The number of sulfonamides is 1. The number of methoxy groups -OCH3 is 1. The summed E-state index contributed by atoms with van der Waals surface area (Å²) in [6.07, 6.45) is 0.726. The lowest BCUT2D eigenvalue weighted by Gasteiger charge is -2.20. The Morgan fingerprint density at radius 2 is 1.86 bits per heavy atom. The van der Waals surface area contributed by atoms with Crippen molar-refractivity contribution in [3.63, 3.8) is 0 Å². The molecule has 1 aromatic carbocycles. The average molecular weight is 410 g/mol. The number of nitrogens with zero attached hydrogens (tertiary/aromatic N) is 2. The fraction of sp³-hybridized carbons (Fsp3) is 0.421. The highest BCUT2D eigenvalue weighted by Crippen LogP contribution is 2.19. The first-order valence-electron chi connectivity index (χ1n) is 9.15. The molecule has 28 heavy (non-hydrogen) atoms. The monoisotopic (exact) mass is 410 g/mol. The van der Waals surface area contributed by atoms with Crippen LogP contribution in [0, 0.1) is 5.82 Å². The van der Waals surface area contributed by atoms with Crippen LogP contribution in [0.15, 0.2) is 41.4 Å². The zero-order valence-corrected chi connectivity index (χ0v) is 16.8. The number of nitrogens with one attached hydrogen (secondary N) is 1. The zero-order chi connectivity index (χ0) is 20.3. The summed E-state index contributed by atoms with van der Waals surface area (Å²) >= 11 is 0. The zero-order valence-electron chi connectivity index (χ0n) is 16.0. The molecule has 0 saturated carbocycles. The lowest BCUT2D eigenvalue weighted by molar-refractivity contribution is -0.911. The maximum absolute atomic E-state index is 13.1. The van der Waals surface area contributed by atoms with Gasteiger partial charge in [0, 0.05) is 25.6 Å². The standard InChI is InChI=1S/C19H24FN3O4S/c1-21-17(19(24)27-2)8-9-18(21)28(25,26)23-11-3-10-22(12-13-23)14-15-4-6-16(20)7-5-15/h4-9H,3,10-14H2,1-2H3/p+1. The molecule has 1 atom stereocenters. The summed E-state index contributed by atoms with van der Waals surface area (Å²) in [6, 6.07) is 9.31. The van der Waals surface area contributed by atoms with Gasteiger partial charge in [-0.25, -0.2) is 17.6 Å². The van der Waals surface area contributed by atoms with Crippen molar-refractivity contribution in [3.05, 3.63) is 53.5 Å². The summed E-state index contributed by atoms with van der Waals surface area (Å²) in [6.45, 7) is 3.03. The molecule has 1 aromatic heterocycles.